The highest BCUT2D eigenvalue weighted by Gasteiger charge is 2.32. The Kier molecular flexibility index (Phi) is 3.11. The van der Waals surface area contributed by atoms with E-state index in [9.17, 15) is 9.59 Å². The van der Waals surface area contributed by atoms with Crippen molar-refractivity contribution in [2.75, 3.05) is 10.6 Å². The van der Waals surface area contributed by atoms with Gasteiger partial charge in [-0.3, -0.25) is 14.9 Å². The van der Waals surface area contributed by atoms with E-state index in [4.69, 9.17) is 11.6 Å². The lowest BCUT2D eigenvalue weighted by Gasteiger charge is -2.22. The third-order valence-electron chi connectivity index (χ3n) is 2.93. The molecule has 0 fully saturated rings. The summed E-state index contributed by atoms with van der Waals surface area (Å²) < 4.78 is 1.38. The molecule has 0 saturated carbocycles. The van der Waals surface area contributed by atoms with E-state index in [0.717, 1.165) is 0 Å². The van der Waals surface area contributed by atoms with Gasteiger partial charge in [0, 0.05) is 0 Å². The summed E-state index contributed by atoms with van der Waals surface area (Å²) in [6, 6.07) is 6.15. The van der Waals surface area contributed by atoms with Crippen LogP contribution in [0, 0.1) is 0 Å². The molecule has 8 heteroatoms. The minimum Gasteiger partial charge on any atom is -0.323 e. The highest BCUT2D eigenvalue weighted by Crippen LogP contribution is 2.25. The number of aromatic nitrogens is 3. The van der Waals surface area contributed by atoms with Crippen LogP contribution in [0.5, 0.6) is 0 Å². The molecule has 0 radical (unpaired) electrons. The van der Waals surface area contributed by atoms with Gasteiger partial charge in [0.1, 0.15) is 12.4 Å². The van der Waals surface area contributed by atoms with Crippen molar-refractivity contribution in [3.8, 4) is 0 Å². The molecule has 2 heterocycles. The number of para-hydroxylation sites is 1. The summed E-state index contributed by atoms with van der Waals surface area (Å²) in [5.41, 5.74) is 0.492. The number of hydrogen-bond donors (Lipinski definition) is 2. The summed E-state index contributed by atoms with van der Waals surface area (Å²) in [5, 5.41) is 9.62. The van der Waals surface area contributed by atoms with Crippen molar-refractivity contribution in [3.63, 3.8) is 0 Å². The first-order valence-electron chi connectivity index (χ1n) is 5.90. The van der Waals surface area contributed by atoms with Crippen LogP contribution in [0.4, 0.5) is 11.6 Å². The van der Waals surface area contributed by atoms with Crippen LogP contribution in [0.3, 0.4) is 0 Å². The molecule has 1 aromatic heterocycles. The second kappa shape index (κ2) is 4.93. The van der Waals surface area contributed by atoms with Crippen LogP contribution in [0.15, 0.2) is 30.6 Å². The maximum absolute atomic E-state index is 12.3. The standard InChI is InChI=1S/C12H10ClN5O2/c13-7-3-1-2-4-8(7)16-11(20)9-5-10(19)17-12-14-6-15-18(9)12/h1-4,6,9H,5H2,(H,16,20)(H,14,15,17,19)/t9-/m0/s1. The molecule has 2 amide bonds. The van der Waals surface area contributed by atoms with Crippen molar-refractivity contribution in [3.05, 3.63) is 35.6 Å². The van der Waals surface area contributed by atoms with Crippen molar-refractivity contribution < 1.29 is 9.59 Å². The Bertz CT molecular complexity index is 684. The number of hydrogen-bond acceptors (Lipinski definition) is 4. The lowest BCUT2D eigenvalue weighted by Crippen LogP contribution is -2.36. The van der Waals surface area contributed by atoms with E-state index in [-0.39, 0.29) is 24.2 Å². The Morgan fingerprint density at radius 1 is 1.45 bits per heavy atom. The number of amides is 2. The molecule has 0 aliphatic carbocycles. The van der Waals surface area contributed by atoms with Crippen LogP contribution < -0.4 is 10.6 Å². The molecule has 2 aromatic rings. The van der Waals surface area contributed by atoms with Gasteiger partial charge in [0.2, 0.25) is 17.8 Å². The predicted octanol–water partition coefficient (Wildman–Crippen LogP) is 1.45. The maximum atomic E-state index is 12.3. The van der Waals surface area contributed by atoms with E-state index >= 15 is 0 Å². The predicted molar refractivity (Wildman–Crippen MR) is 72.4 cm³/mol. The molecule has 7 nitrogen and oxygen atoms in total. The Morgan fingerprint density at radius 3 is 3.05 bits per heavy atom. The lowest BCUT2D eigenvalue weighted by molar-refractivity contribution is -0.125. The second-order valence-corrected chi connectivity index (χ2v) is 4.67. The molecule has 102 valence electrons. The number of rotatable bonds is 2. The van der Waals surface area contributed by atoms with Crippen LogP contribution >= 0.6 is 11.6 Å². The Labute approximate surface area is 118 Å². The first kappa shape index (κ1) is 12.6. The van der Waals surface area contributed by atoms with Crippen LogP contribution in [0.2, 0.25) is 5.02 Å². The van der Waals surface area contributed by atoms with Gasteiger partial charge in [0.25, 0.3) is 0 Å². The molecule has 3 rings (SSSR count). The minimum atomic E-state index is -0.738. The monoisotopic (exact) mass is 291 g/mol. The number of fused-ring (bicyclic) bond motifs is 1. The molecule has 0 bridgehead atoms. The fraction of sp³-hybridized carbons (Fsp3) is 0.167. The van der Waals surface area contributed by atoms with E-state index in [0.29, 0.717) is 10.7 Å². The van der Waals surface area contributed by atoms with Crippen molar-refractivity contribution in [1.29, 1.82) is 0 Å². The molecule has 1 aromatic carbocycles. The average molecular weight is 292 g/mol. The zero-order valence-corrected chi connectivity index (χ0v) is 11.0. The van der Waals surface area contributed by atoms with E-state index in [1.165, 1.54) is 11.0 Å². The summed E-state index contributed by atoms with van der Waals surface area (Å²) >= 11 is 5.99. The SMILES string of the molecule is O=C1C[C@@H](C(=O)Nc2ccccc2Cl)n2ncnc2N1. The Morgan fingerprint density at radius 2 is 2.25 bits per heavy atom. The fourth-order valence-corrected chi connectivity index (χ4v) is 2.17. The number of carbonyl (C=O) groups is 2. The fourth-order valence-electron chi connectivity index (χ4n) is 1.99. The maximum Gasteiger partial charge on any atom is 0.249 e. The Balaban J connectivity index is 1.85. The van der Waals surface area contributed by atoms with E-state index < -0.39 is 6.04 Å². The van der Waals surface area contributed by atoms with Crippen LogP contribution in [-0.2, 0) is 9.59 Å². The zero-order chi connectivity index (χ0) is 14.1. The molecule has 1 aliphatic rings. The van der Waals surface area contributed by atoms with Gasteiger partial charge in [-0.1, -0.05) is 23.7 Å². The molecular weight excluding hydrogens is 282 g/mol. The number of halogens is 1. The molecule has 20 heavy (non-hydrogen) atoms. The average Bonchev–Trinajstić information content (AvgIpc) is 2.88. The van der Waals surface area contributed by atoms with E-state index in [1.807, 2.05) is 0 Å². The third-order valence-corrected chi connectivity index (χ3v) is 3.26. The summed E-state index contributed by atoms with van der Waals surface area (Å²) in [6.45, 7) is 0. The van der Waals surface area contributed by atoms with E-state index in [1.54, 1.807) is 24.3 Å². The van der Waals surface area contributed by atoms with Crippen molar-refractivity contribution in [1.82, 2.24) is 14.8 Å². The summed E-state index contributed by atoms with van der Waals surface area (Å²) in [7, 11) is 0. The van der Waals surface area contributed by atoms with Crippen molar-refractivity contribution in [2.45, 2.75) is 12.5 Å². The zero-order valence-electron chi connectivity index (χ0n) is 10.2. The molecule has 1 atom stereocenters. The first-order chi connectivity index (χ1) is 9.65. The van der Waals surface area contributed by atoms with Crippen LogP contribution in [-0.4, -0.2) is 26.6 Å². The topological polar surface area (TPSA) is 88.9 Å². The van der Waals surface area contributed by atoms with Gasteiger partial charge in [-0.25, -0.2) is 4.68 Å². The molecule has 0 saturated heterocycles. The van der Waals surface area contributed by atoms with Gasteiger partial charge in [-0.05, 0) is 12.1 Å². The number of nitrogens with one attached hydrogen (secondary N) is 2. The summed E-state index contributed by atoms with van der Waals surface area (Å²) in [4.78, 5) is 27.7. The molecule has 0 unspecified atom stereocenters. The minimum absolute atomic E-state index is 0.00659. The van der Waals surface area contributed by atoms with Crippen molar-refractivity contribution in [2.24, 2.45) is 0 Å². The van der Waals surface area contributed by atoms with Gasteiger partial charge in [0.05, 0.1) is 17.1 Å². The lowest BCUT2D eigenvalue weighted by atomic mass is 10.1. The second-order valence-electron chi connectivity index (χ2n) is 4.27. The van der Waals surface area contributed by atoms with Crippen LogP contribution in [0.25, 0.3) is 0 Å². The smallest absolute Gasteiger partial charge is 0.249 e. The molecular formula is C12H10ClN5O2. The first-order valence-corrected chi connectivity index (χ1v) is 6.27. The highest BCUT2D eigenvalue weighted by molar-refractivity contribution is 6.33. The normalized spacial score (nSPS) is 17.2. The van der Waals surface area contributed by atoms with Gasteiger partial charge in [-0.2, -0.15) is 10.1 Å². The molecule has 0 spiro atoms. The van der Waals surface area contributed by atoms with Gasteiger partial charge in [-0.15, -0.1) is 0 Å². The molecule has 1 aliphatic heterocycles. The summed E-state index contributed by atoms with van der Waals surface area (Å²) in [6.07, 6.45) is 1.29. The van der Waals surface area contributed by atoms with Gasteiger partial charge >= 0.3 is 0 Å². The van der Waals surface area contributed by atoms with Crippen LogP contribution in [0.1, 0.15) is 12.5 Å². The number of anilines is 2. The third kappa shape index (κ3) is 2.23. The quantitative estimate of drug-likeness (QED) is 0.876. The number of nitrogens with zero attached hydrogens (tertiary/aromatic N) is 3. The van der Waals surface area contributed by atoms with E-state index in [2.05, 4.69) is 20.7 Å². The highest BCUT2D eigenvalue weighted by atomic mass is 35.5. The largest absolute Gasteiger partial charge is 0.323 e. The number of carbonyl (C=O) groups excluding carboxylic acids is 2. The van der Waals surface area contributed by atoms with Gasteiger partial charge < -0.3 is 5.32 Å². The number of benzene rings is 1. The molecule has 2 N–H and O–H groups in total. The van der Waals surface area contributed by atoms with Gasteiger partial charge in [0.15, 0.2) is 0 Å². The van der Waals surface area contributed by atoms with Crippen molar-refractivity contribution >= 4 is 35.1 Å². The Hall–Kier alpha value is -2.41. The summed E-state index contributed by atoms with van der Waals surface area (Å²) in [5.74, 6) is -0.370.